The largest absolute Gasteiger partial charge is 0.383 e. The van der Waals surface area contributed by atoms with E-state index in [2.05, 4.69) is 5.09 Å². The zero-order chi connectivity index (χ0) is 23.4. The highest BCUT2D eigenvalue weighted by molar-refractivity contribution is 7.76. The van der Waals surface area contributed by atoms with Gasteiger partial charge in [0.2, 0.25) is 7.29 Å². The van der Waals surface area contributed by atoms with E-state index >= 15 is 0 Å². The number of rotatable bonds is 8. The fourth-order valence-corrected chi connectivity index (χ4v) is 6.77. The first kappa shape index (κ1) is 23.1. The third-order valence-corrected chi connectivity index (χ3v) is 8.67. The van der Waals surface area contributed by atoms with Crippen molar-refractivity contribution < 1.29 is 14.5 Å². The summed E-state index contributed by atoms with van der Waals surface area (Å²) in [5.74, 6) is -0.537. The summed E-state index contributed by atoms with van der Waals surface area (Å²) in [6.45, 7) is 3.83. The third kappa shape index (κ3) is 4.69. The first-order valence-corrected chi connectivity index (χ1v) is 12.8. The van der Waals surface area contributed by atoms with Crippen LogP contribution in [0.3, 0.4) is 0 Å². The Morgan fingerprint density at radius 2 is 1.27 bits per heavy atom. The van der Waals surface area contributed by atoms with Crippen LogP contribution >= 0.6 is 7.29 Å². The van der Waals surface area contributed by atoms with Crippen molar-refractivity contribution in [2.45, 2.75) is 26.0 Å². The minimum absolute atomic E-state index is 0.153. The number of fused-ring (bicyclic) bond motifs is 1. The Morgan fingerprint density at radius 3 is 1.85 bits per heavy atom. The van der Waals surface area contributed by atoms with Gasteiger partial charge in [-0.25, -0.2) is 0 Å². The van der Waals surface area contributed by atoms with Gasteiger partial charge in [-0.15, -0.1) is 0 Å². The van der Waals surface area contributed by atoms with Crippen molar-refractivity contribution in [1.29, 1.82) is 0 Å². The molecular formula is C28H28NO3P. The van der Waals surface area contributed by atoms with Crippen LogP contribution in [-0.4, -0.2) is 23.0 Å². The average molecular weight is 458 g/mol. The molecule has 0 bridgehead atoms. The highest BCUT2D eigenvalue weighted by Crippen LogP contribution is 2.40. The van der Waals surface area contributed by atoms with E-state index in [4.69, 9.17) is 0 Å². The maximum Gasteiger partial charge on any atom is 0.204 e. The topological polar surface area (TPSA) is 66.4 Å². The SMILES string of the molecule is CC(C)[C@H](NP(=O)(c1ccccc1)c1ccccc1)[C@H](O)C(=O)c1cccc2ccccc12. The molecule has 4 aromatic carbocycles. The van der Waals surface area contributed by atoms with Gasteiger partial charge in [-0.05, 0) is 41.0 Å². The molecule has 4 aromatic rings. The number of Topliss-reactive ketones (excluding diaryl/α,β-unsaturated/α-hetero) is 1. The lowest BCUT2D eigenvalue weighted by Crippen LogP contribution is -2.49. The van der Waals surface area contributed by atoms with Crippen molar-refractivity contribution in [3.63, 3.8) is 0 Å². The molecule has 0 heterocycles. The van der Waals surface area contributed by atoms with E-state index in [1.165, 1.54) is 0 Å². The van der Waals surface area contributed by atoms with Gasteiger partial charge in [0.25, 0.3) is 0 Å². The fourth-order valence-electron chi connectivity index (χ4n) is 4.13. The van der Waals surface area contributed by atoms with Crippen LogP contribution in [0.5, 0.6) is 0 Å². The van der Waals surface area contributed by atoms with Crippen molar-refractivity contribution in [3.05, 3.63) is 109 Å². The van der Waals surface area contributed by atoms with E-state index in [9.17, 15) is 14.5 Å². The van der Waals surface area contributed by atoms with Crippen molar-refractivity contribution in [3.8, 4) is 0 Å². The Hall–Kier alpha value is -3.04. The first-order chi connectivity index (χ1) is 15.9. The van der Waals surface area contributed by atoms with Crippen molar-refractivity contribution >= 4 is 34.5 Å². The number of carbonyl (C=O) groups excluding carboxylic acids is 1. The molecule has 0 saturated heterocycles. The Labute approximate surface area is 194 Å². The molecule has 0 spiro atoms. The van der Waals surface area contributed by atoms with E-state index in [1.807, 2.05) is 111 Å². The number of hydrogen-bond donors (Lipinski definition) is 2. The first-order valence-electron chi connectivity index (χ1n) is 11.1. The van der Waals surface area contributed by atoms with Gasteiger partial charge in [0.1, 0.15) is 6.10 Å². The van der Waals surface area contributed by atoms with E-state index < -0.39 is 19.4 Å². The smallest absolute Gasteiger partial charge is 0.204 e. The van der Waals surface area contributed by atoms with Gasteiger partial charge in [-0.1, -0.05) is 92.7 Å². The molecule has 4 rings (SSSR count). The van der Waals surface area contributed by atoms with Crippen LogP contribution in [0.2, 0.25) is 0 Å². The number of benzene rings is 4. The van der Waals surface area contributed by atoms with Gasteiger partial charge in [-0.2, -0.15) is 0 Å². The lowest BCUT2D eigenvalue weighted by Gasteiger charge is -2.32. The van der Waals surface area contributed by atoms with Crippen LogP contribution in [0.15, 0.2) is 103 Å². The second kappa shape index (κ2) is 9.84. The monoisotopic (exact) mass is 457 g/mol. The summed E-state index contributed by atoms with van der Waals surface area (Å²) in [4.78, 5) is 13.5. The number of ketones is 1. The lowest BCUT2D eigenvalue weighted by molar-refractivity contribution is 0.0635. The molecule has 0 fully saturated rings. The summed E-state index contributed by atoms with van der Waals surface area (Å²) in [5, 5.41) is 17.5. The number of carbonyl (C=O) groups is 1. The molecule has 2 atom stereocenters. The molecule has 4 nitrogen and oxygen atoms in total. The molecule has 0 unspecified atom stereocenters. The predicted octanol–water partition coefficient (Wildman–Crippen LogP) is 4.93. The summed E-state index contributed by atoms with van der Waals surface area (Å²) in [6.07, 6.45) is -1.36. The maximum absolute atomic E-state index is 14.5. The predicted molar refractivity (Wildman–Crippen MR) is 136 cm³/mol. The van der Waals surface area contributed by atoms with Gasteiger partial charge in [0, 0.05) is 22.2 Å². The highest BCUT2D eigenvalue weighted by Gasteiger charge is 2.37. The van der Waals surface area contributed by atoms with Gasteiger partial charge in [0.15, 0.2) is 5.78 Å². The number of aliphatic hydroxyl groups excluding tert-OH is 1. The fraction of sp³-hybridized carbons (Fsp3) is 0.179. The Kier molecular flexibility index (Phi) is 6.90. The standard InChI is InChI=1S/C28H28NO3P/c1-20(2)26(28(31)27(30)25-19-11-13-21-12-9-10-18-24(21)25)29-33(32,22-14-5-3-6-15-22)23-16-7-4-8-17-23/h3-20,26,28,31H,1-2H3,(H,29,32)/t26-,28-/m0/s1. The summed E-state index contributed by atoms with van der Waals surface area (Å²) >= 11 is 0. The van der Waals surface area contributed by atoms with Crippen LogP contribution in [0.25, 0.3) is 10.8 Å². The molecule has 0 radical (unpaired) electrons. The van der Waals surface area contributed by atoms with Crippen LogP contribution in [0, 0.1) is 5.92 Å². The average Bonchev–Trinajstić information content (AvgIpc) is 2.87. The molecular weight excluding hydrogens is 429 g/mol. The third-order valence-electron chi connectivity index (χ3n) is 5.95. The Balaban J connectivity index is 1.74. The van der Waals surface area contributed by atoms with E-state index in [1.54, 1.807) is 6.07 Å². The van der Waals surface area contributed by atoms with Crippen molar-refractivity contribution in [1.82, 2.24) is 5.09 Å². The molecule has 0 aliphatic rings. The minimum Gasteiger partial charge on any atom is -0.383 e. The molecule has 0 aromatic heterocycles. The minimum atomic E-state index is -3.33. The zero-order valence-corrected chi connectivity index (χ0v) is 19.7. The number of aliphatic hydroxyl groups is 1. The summed E-state index contributed by atoms with van der Waals surface area (Å²) in [6, 6.07) is 30.8. The Bertz CT molecular complexity index is 1240. The normalized spacial score (nSPS) is 13.7. The summed E-state index contributed by atoms with van der Waals surface area (Å²) in [7, 11) is -3.33. The van der Waals surface area contributed by atoms with Crippen LogP contribution in [0.4, 0.5) is 0 Å². The van der Waals surface area contributed by atoms with Gasteiger partial charge in [0.05, 0.1) is 0 Å². The van der Waals surface area contributed by atoms with Gasteiger partial charge < -0.3 is 5.11 Å². The quantitative estimate of drug-likeness (QED) is 0.291. The molecule has 168 valence electrons. The second-order valence-electron chi connectivity index (χ2n) is 8.52. The molecule has 0 aliphatic heterocycles. The Morgan fingerprint density at radius 1 is 0.758 bits per heavy atom. The van der Waals surface area contributed by atoms with Crippen molar-refractivity contribution in [2.75, 3.05) is 0 Å². The van der Waals surface area contributed by atoms with Crippen LogP contribution < -0.4 is 15.7 Å². The highest BCUT2D eigenvalue weighted by atomic mass is 31.2. The summed E-state index contributed by atoms with van der Waals surface area (Å²) < 4.78 is 14.5. The second-order valence-corrected chi connectivity index (χ2v) is 11.0. The number of nitrogens with one attached hydrogen (secondary N) is 1. The number of hydrogen-bond acceptors (Lipinski definition) is 3. The van der Waals surface area contributed by atoms with Gasteiger partial charge in [-0.3, -0.25) is 14.4 Å². The molecule has 5 heteroatoms. The van der Waals surface area contributed by atoms with E-state index in [0.717, 1.165) is 10.8 Å². The molecule has 2 N–H and O–H groups in total. The summed E-state index contributed by atoms with van der Waals surface area (Å²) in [5.41, 5.74) is 0.460. The van der Waals surface area contributed by atoms with E-state index in [-0.39, 0.29) is 11.7 Å². The maximum atomic E-state index is 14.5. The molecule has 33 heavy (non-hydrogen) atoms. The zero-order valence-electron chi connectivity index (χ0n) is 18.8. The molecule has 0 saturated carbocycles. The van der Waals surface area contributed by atoms with E-state index in [0.29, 0.717) is 16.2 Å². The molecule has 0 aliphatic carbocycles. The van der Waals surface area contributed by atoms with Crippen LogP contribution in [-0.2, 0) is 4.57 Å². The van der Waals surface area contributed by atoms with Gasteiger partial charge >= 0.3 is 0 Å². The van der Waals surface area contributed by atoms with Crippen molar-refractivity contribution in [2.24, 2.45) is 5.92 Å². The van der Waals surface area contributed by atoms with Crippen LogP contribution in [0.1, 0.15) is 24.2 Å². The molecule has 0 amide bonds. The lowest BCUT2D eigenvalue weighted by atomic mass is 9.91.